The Labute approximate surface area is 122 Å². The molecule has 1 saturated heterocycles. The van der Waals surface area contributed by atoms with Crippen LogP contribution in [0, 0.1) is 0 Å². The van der Waals surface area contributed by atoms with E-state index in [0.29, 0.717) is 24.3 Å². The van der Waals surface area contributed by atoms with Crippen molar-refractivity contribution in [3.05, 3.63) is 60.2 Å². The fraction of sp³-hybridized carbons (Fsp3) is 0.125. The number of hydrogen-bond donors (Lipinski definition) is 2. The van der Waals surface area contributed by atoms with Crippen LogP contribution in [0.3, 0.4) is 0 Å². The third-order valence-corrected chi connectivity index (χ3v) is 3.31. The zero-order chi connectivity index (χ0) is 14.7. The standard InChI is InChI=1S/C16H15N3O2/c20-15(12-5-2-1-3-6-12)18-13-7-4-8-14(11-13)19-10-9-17-16(19)21/h1-8,11H,9-10H2,(H,17,21)(H,18,20). The van der Waals surface area contributed by atoms with Gasteiger partial charge in [-0.2, -0.15) is 0 Å². The molecule has 0 bridgehead atoms. The molecule has 1 fully saturated rings. The van der Waals surface area contributed by atoms with Crippen LogP contribution in [0.15, 0.2) is 54.6 Å². The summed E-state index contributed by atoms with van der Waals surface area (Å²) in [7, 11) is 0. The van der Waals surface area contributed by atoms with Gasteiger partial charge in [-0.05, 0) is 30.3 Å². The van der Waals surface area contributed by atoms with Gasteiger partial charge < -0.3 is 10.6 Å². The number of amides is 3. The van der Waals surface area contributed by atoms with Gasteiger partial charge in [-0.3, -0.25) is 9.69 Å². The zero-order valence-corrected chi connectivity index (χ0v) is 11.4. The van der Waals surface area contributed by atoms with Crippen molar-refractivity contribution in [2.75, 3.05) is 23.3 Å². The van der Waals surface area contributed by atoms with Crippen LogP contribution in [0.1, 0.15) is 10.4 Å². The van der Waals surface area contributed by atoms with E-state index >= 15 is 0 Å². The Morgan fingerprint density at radius 3 is 2.62 bits per heavy atom. The minimum Gasteiger partial charge on any atom is -0.336 e. The monoisotopic (exact) mass is 281 g/mol. The molecule has 0 saturated carbocycles. The van der Waals surface area contributed by atoms with Gasteiger partial charge in [-0.1, -0.05) is 24.3 Å². The van der Waals surface area contributed by atoms with E-state index in [1.54, 1.807) is 29.2 Å². The molecule has 0 aliphatic carbocycles. The van der Waals surface area contributed by atoms with Crippen LogP contribution in [-0.4, -0.2) is 25.0 Å². The SMILES string of the molecule is O=C(Nc1cccc(N2CCNC2=O)c1)c1ccccc1. The quantitative estimate of drug-likeness (QED) is 0.908. The van der Waals surface area contributed by atoms with Crippen LogP contribution < -0.4 is 15.5 Å². The Morgan fingerprint density at radius 1 is 1.10 bits per heavy atom. The molecule has 0 spiro atoms. The summed E-state index contributed by atoms with van der Waals surface area (Å²) in [5.41, 5.74) is 2.04. The minimum atomic E-state index is -0.168. The van der Waals surface area contributed by atoms with Crippen molar-refractivity contribution < 1.29 is 9.59 Å². The average molecular weight is 281 g/mol. The van der Waals surface area contributed by atoms with E-state index in [4.69, 9.17) is 0 Å². The first-order valence-electron chi connectivity index (χ1n) is 6.76. The van der Waals surface area contributed by atoms with Crippen LogP contribution in [0.25, 0.3) is 0 Å². The van der Waals surface area contributed by atoms with Gasteiger partial charge in [0.05, 0.1) is 0 Å². The van der Waals surface area contributed by atoms with Gasteiger partial charge in [0.1, 0.15) is 0 Å². The zero-order valence-electron chi connectivity index (χ0n) is 11.4. The van der Waals surface area contributed by atoms with Gasteiger partial charge in [0.25, 0.3) is 5.91 Å². The van der Waals surface area contributed by atoms with Gasteiger partial charge in [0.15, 0.2) is 0 Å². The summed E-state index contributed by atoms with van der Waals surface area (Å²) in [4.78, 5) is 25.4. The summed E-state index contributed by atoms with van der Waals surface area (Å²) in [5, 5.41) is 5.59. The van der Waals surface area contributed by atoms with Gasteiger partial charge >= 0.3 is 6.03 Å². The number of rotatable bonds is 3. The number of nitrogens with one attached hydrogen (secondary N) is 2. The molecule has 106 valence electrons. The summed E-state index contributed by atoms with van der Waals surface area (Å²) in [5.74, 6) is -0.168. The third-order valence-electron chi connectivity index (χ3n) is 3.31. The van der Waals surface area contributed by atoms with Gasteiger partial charge in [-0.15, -0.1) is 0 Å². The van der Waals surface area contributed by atoms with Crippen molar-refractivity contribution in [3.63, 3.8) is 0 Å². The number of carbonyl (C=O) groups is 2. The van der Waals surface area contributed by atoms with Gasteiger partial charge in [-0.25, -0.2) is 4.79 Å². The van der Waals surface area contributed by atoms with Crippen LogP contribution in [0.4, 0.5) is 16.2 Å². The molecule has 3 rings (SSSR count). The van der Waals surface area contributed by atoms with Crippen LogP contribution in [0.5, 0.6) is 0 Å². The Hall–Kier alpha value is -2.82. The number of nitrogens with zero attached hydrogens (tertiary/aromatic N) is 1. The van der Waals surface area contributed by atoms with Crippen LogP contribution in [-0.2, 0) is 0 Å². The summed E-state index contributed by atoms with van der Waals surface area (Å²) >= 11 is 0. The summed E-state index contributed by atoms with van der Waals surface area (Å²) in [6, 6.07) is 16.2. The number of hydrogen-bond acceptors (Lipinski definition) is 2. The minimum absolute atomic E-state index is 0.110. The molecule has 2 aromatic carbocycles. The highest BCUT2D eigenvalue weighted by atomic mass is 16.2. The molecule has 1 heterocycles. The highest BCUT2D eigenvalue weighted by Crippen LogP contribution is 2.21. The van der Waals surface area contributed by atoms with Crippen molar-refractivity contribution in [1.82, 2.24) is 5.32 Å². The predicted octanol–water partition coefficient (Wildman–Crippen LogP) is 2.47. The lowest BCUT2D eigenvalue weighted by atomic mass is 10.2. The first kappa shape index (κ1) is 13.2. The van der Waals surface area contributed by atoms with Crippen molar-refractivity contribution in [2.45, 2.75) is 0 Å². The molecule has 0 aromatic heterocycles. The second kappa shape index (κ2) is 5.66. The fourth-order valence-electron chi connectivity index (χ4n) is 2.26. The second-order valence-corrected chi connectivity index (χ2v) is 4.75. The molecule has 2 aromatic rings. The molecule has 0 unspecified atom stereocenters. The number of anilines is 2. The first-order valence-corrected chi connectivity index (χ1v) is 6.76. The Kier molecular flexibility index (Phi) is 3.55. The van der Waals surface area contributed by atoms with E-state index in [1.807, 2.05) is 30.3 Å². The highest BCUT2D eigenvalue weighted by Gasteiger charge is 2.21. The molecule has 1 aliphatic heterocycles. The second-order valence-electron chi connectivity index (χ2n) is 4.75. The Morgan fingerprint density at radius 2 is 1.90 bits per heavy atom. The number of urea groups is 1. The highest BCUT2D eigenvalue weighted by molar-refractivity contribution is 6.04. The molecular weight excluding hydrogens is 266 g/mol. The topological polar surface area (TPSA) is 61.4 Å². The van der Waals surface area contributed by atoms with Gasteiger partial charge in [0.2, 0.25) is 0 Å². The lowest BCUT2D eigenvalue weighted by Gasteiger charge is -2.15. The molecular formula is C16H15N3O2. The van der Waals surface area contributed by atoms with Crippen molar-refractivity contribution in [2.24, 2.45) is 0 Å². The molecule has 3 amide bonds. The normalized spacial score (nSPS) is 13.9. The average Bonchev–Trinajstić information content (AvgIpc) is 2.94. The Balaban J connectivity index is 1.77. The Bertz CT molecular complexity index is 670. The molecule has 5 nitrogen and oxygen atoms in total. The summed E-state index contributed by atoms with van der Waals surface area (Å²) in [6.07, 6.45) is 0. The maximum atomic E-state index is 12.1. The number of benzene rings is 2. The predicted molar refractivity (Wildman–Crippen MR) is 81.6 cm³/mol. The third kappa shape index (κ3) is 2.86. The van der Waals surface area contributed by atoms with Crippen molar-refractivity contribution >= 4 is 23.3 Å². The molecule has 0 atom stereocenters. The molecule has 2 N–H and O–H groups in total. The van der Waals surface area contributed by atoms with Gasteiger partial charge in [0, 0.05) is 30.0 Å². The van der Waals surface area contributed by atoms with Crippen molar-refractivity contribution in [3.8, 4) is 0 Å². The van der Waals surface area contributed by atoms with E-state index in [2.05, 4.69) is 10.6 Å². The first-order chi connectivity index (χ1) is 10.2. The van der Waals surface area contributed by atoms with E-state index < -0.39 is 0 Å². The van der Waals surface area contributed by atoms with Crippen LogP contribution in [0.2, 0.25) is 0 Å². The van der Waals surface area contributed by atoms with E-state index in [1.165, 1.54) is 0 Å². The molecule has 1 aliphatic rings. The molecule has 0 radical (unpaired) electrons. The largest absolute Gasteiger partial charge is 0.336 e. The lowest BCUT2D eigenvalue weighted by molar-refractivity contribution is 0.102. The maximum absolute atomic E-state index is 12.1. The maximum Gasteiger partial charge on any atom is 0.321 e. The smallest absolute Gasteiger partial charge is 0.321 e. The summed E-state index contributed by atoms with van der Waals surface area (Å²) < 4.78 is 0. The molecule has 21 heavy (non-hydrogen) atoms. The lowest BCUT2D eigenvalue weighted by Crippen LogP contribution is -2.27. The van der Waals surface area contributed by atoms with Crippen molar-refractivity contribution in [1.29, 1.82) is 0 Å². The summed E-state index contributed by atoms with van der Waals surface area (Å²) in [6.45, 7) is 1.27. The van der Waals surface area contributed by atoms with E-state index in [0.717, 1.165) is 5.69 Å². The number of carbonyl (C=O) groups excluding carboxylic acids is 2. The fourth-order valence-corrected chi connectivity index (χ4v) is 2.26. The van der Waals surface area contributed by atoms with E-state index in [9.17, 15) is 9.59 Å². The van der Waals surface area contributed by atoms with Crippen LogP contribution >= 0.6 is 0 Å². The van der Waals surface area contributed by atoms with E-state index in [-0.39, 0.29) is 11.9 Å². The molecule has 5 heteroatoms.